The maximum absolute atomic E-state index is 5.94. The third-order valence-corrected chi connectivity index (χ3v) is 4.33. The van der Waals surface area contributed by atoms with Gasteiger partial charge in [-0.05, 0) is 25.2 Å². The maximum Gasteiger partial charge on any atom is 0.137 e. The zero-order chi connectivity index (χ0) is 14.8. The van der Waals surface area contributed by atoms with Crippen molar-refractivity contribution in [3.63, 3.8) is 0 Å². The SMILES string of the molecule is CCCNc1ncnc(N2CC3CCC(C2)O3)c1C(C)C. The van der Waals surface area contributed by atoms with Gasteiger partial charge in [0.25, 0.3) is 0 Å². The van der Waals surface area contributed by atoms with Gasteiger partial charge in [-0.1, -0.05) is 20.8 Å². The molecular weight excluding hydrogens is 264 g/mol. The first kappa shape index (κ1) is 14.6. The lowest BCUT2D eigenvalue weighted by Crippen LogP contribution is -2.43. The molecule has 0 saturated carbocycles. The van der Waals surface area contributed by atoms with Crippen molar-refractivity contribution < 1.29 is 4.74 Å². The monoisotopic (exact) mass is 290 g/mol. The van der Waals surface area contributed by atoms with Crippen LogP contribution in [0.25, 0.3) is 0 Å². The van der Waals surface area contributed by atoms with E-state index in [-0.39, 0.29) is 0 Å². The van der Waals surface area contributed by atoms with Crippen LogP contribution in [-0.2, 0) is 4.74 Å². The second-order valence-corrected chi connectivity index (χ2v) is 6.40. The summed E-state index contributed by atoms with van der Waals surface area (Å²) in [4.78, 5) is 11.5. The number of rotatable bonds is 5. The summed E-state index contributed by atoms with van der Waals surface area (Å²) in [5.74, 6) is 2.50. The number of morpholine rings is 1. The molecule has 2 aliphatic heterocycles. The molecule has 2 aliphatic rings. The number of hydrogen-bond donors (Lipinski definition) is 1. The summed E-state index contributed by atoms with van der Waals surface area (Å²) in [6, 6.07) is 0. The highest BCUT2D eigenvalue weighted by Gasteiger charge is 2.35. The second kappa shape index (κ2) is 6.18. The first-order chi connectivity index (χ1) is 10.2. The zero-order valence-corrected chi connectivity index (χ0v) is 13.3. The highest BCUT2D eigenvalue weighted by molar-refractivity contribution is 5.60. The van der Waals surface area contributed by atoms with E-state index in [0.29, 0.717) is 18.1 Å². The molecule has 0 amide bonds. The Balaban J connectivity index is 1.90. The van der Waals surface area contributed by atoms with Crippen molar-refractivity contribution >= 4 is 11.6 Å². The molecule has 2 bridgehead atoms. The molecule has 116 valence electrons. The molecule has 21 heavy (non-hydrogen) atoms. The molecule has 0 radical (unpaired) electrons. The van der Waals surface area contributed by atoms with Crippen LogP contribution in [0.2, 0.25) is 0 Å². The lowest BCUT2D eigenvalue weighted by Gasteiger charge is -2.35. The van der Waals surface area contributed by atoms with Crippen molar-refractivity contribution in [2.24, 2.45) is 0 Å². The first-order valence-electron chi connectivity index (χ1n) is 8.18. The smallest absolute Gasteiger partial charge is 0.137 e. The van der Waals surface area contributed by atoms with Gasteiger partial charge in [0.1, 0.15) is 18.0 Å². The predicted octanol–water partition coefficient (Wildman–Crippen LogP) is 2.79. The van der Waals surface area contributed by atoms with Crippen molar-refractivity contribution in [2.45, 2.75) is 58.2 Å². The summed E-state index contributed by atoms with van der Waals surface area (Å²) < 4.78 is 5.94. The van der Waals surface area contributed by atoms with Gasteiger partial charge in [-0.25, -0.2) is 9.97 Å². The van der Waals surface area contributed by atoms with Gasteiger partial charge in [-0.2, -0.15) is 0 Å². The summed E-state index contributed by atoms with van der Waals surface area (Å²) >= 11 is 0. The Hall–Kier alpha value is -1.36. The summed E-state index contributed by atoms with van der Waals surface area (Å²) in [5, 5.41) is 3.45. The molecule has 1 aromatic rings. The number of ether oxygens (including phenoxy) is 1. The van der Waals surface area contributed by atoms with Crippen LogP contribution in [0.3, 0.4) is 0 Å². The van der Waals surface area contributed by atoms with Gasteiger partial charge >= 0.3 is 0 Å². The minimum Gasteiger partial charge on any atom is -0.371 e. The molecule has 1 N–H and O–H groups in total. The average molecular weight is 290 g/mol. The molecule has 2 atom stereocenters. The van der Waals surface area contributed by atoms with Crippen LogP contribution >= 0.6 is 0 Å². The molecule has 2 fully saturated rings. The van der Waals surface area contributed by atoms with Crippen LogP contribution in [0.4, 0.5) is 11.6 Å². The molecule has 3 rings (SSSR count). The topological polar surface area (TPSA) is 50.3 Å². The molecule has 2 saturated heterocycles. The van der Waals surface area contributed by atoms with Crippen LogP contribution in [0, 0.1) is 0 Å². The van der Waals surface area contributed by atoms with E-state index < -0.39 is 0 Å². The van der Waals surface area contributed by atoms with Crippen LogP contribution in [0.1, 0.15) is 51.5 Å². The van der Waals surface area contributed by atoms with Crippen molar-refractivity contribution in [1.82, 2.24) is 9.97 Å². The number of nitrogens with one attached hydrogen (secondary N) is 1. The highest BCUT2D eigenvalue weighted by atomic mass is 16.5. The van der Waals surface area contributed by atoms with E-state index in [0.717, 1.165) is 37.7 Å². The standard InChI is InChI=1S/C16H26N4O/c1-4-7-17-15-14(11(2)3)16(19-10-18-15)20-8-12-5-6-13(9-20)21-12/h10-13H,4-9H2,1-3H3,(H,17,18,19). The van der Waals surface area contributed by atoms with E-state index in [1.165, 1.54) is 18.4 Å². The quantitative estimate of drug-likeness (QED) is 0.903. The third kappa shape index (κ3) is 2.98. The second-order valence-electron chi connectivity index (χ2n) is 6.40. The Bertz CT molecular complexity index is 479. The fourth-order valence-corrected chi connectivity index (χ4v) is 3.34. The van der Waals surface area contributed by atoms with Crippen molar-refractivity contribution in [3.8, 4) is 0 Å². The van der Waals surface area contributed by atoms with Crippen molar-refractivity contribution in [2.75, 3.05) is 29.9 Å². The number of aromatic nitrogens is 2. The Morgan fingerprint density at radius 3 is 2.62 bits per heavy atom. The fourth-order valence-electron chi connectivity index (χ4n) is 3.34. The van der Waals surface area contributed by atoms with Gasteiger partial charge < -0.3 is 15.0 Å². The van der Waals surface area contributed by atoms with Crippen LogP contribution in [0.15, 0.2) is 6.33 Å². The van der Waals surface area contributed by atoms with Gasteiger partial charge in [0.2, 0.25) is 0 Å². The lowest BCUT2D eigenvalue weighted by molar-refractivity contribution is 0.0301. The van der Waals surface area contributed by atoms with E-state index in [1.54, 1.807) is 6.33 Å². The summed E-state index contributed by atoms with van der Waals surface area (Å²) in [5.41, 5.74) is 1.24. The first-order valence-corrected chi connectivity index (χ1v) is 8.18. The number of hydrogen-bond acceptors (Lipinski definition) is 5. The number of anilines is 2. The molecule has 0 aliphatic carbocycles. The molecular formula is C16H26N4O. The highest BCUT2D eigenvalue weighted by Crippen LogP contribution is 2.35. The van der Waals surface area contributed by atoms with Crippen LogP contribution in [0.5, 0.6) is 0 Å². The molecule has 1 aromatic heterocycles. The van der Waals surface area contributed by atoms with Crippen molar-refractivity contribution in [1.29, 1.82) is 0 Å². The Morgan fingerprint density at radius 1 is 1.29 bits per heavy atom. The van der Waals surface area contributed by atoms with Gasteiger partial charge in [0, 0.05) is 25.2 Å². The Morgan fingerprint density at radius 2 is 2.00 bits per heavy atom. The molecule has 0 aromatic carbocycles. The van der Waals surface area contributed by atoms with Crippen LogP contribution in [-0.4, -0.2) is 41.8 Å². The van der Waals surface area contributed by atoms with E-state index in [2.05, 4.69) is 41.0 Å². The molecule has 0 spiro atoms. The average Bonchev–Trinajstić information content (AvgIpc) is 2.82. The summed E-state index contributed by atoms with van der Waals surface area (Å²) in [6.45, 7) is 9.47. The van der Waals surface area contributed by atoms with Gasteiger partial charge in [-0.15, -0.1) is 0 Å². The Labute approximate surface area is 127 Å². The van der Waals surface area contributed by atoms with Crippen LogP contribution < -0.4 is 10.2 Å². The van der Waals surface area contributed by atoms with Gasteiger partial charge in [0.15, 0.2) is 0 Å². The summed E-state index contributed by atoms with van der Waals surface area (Å²) in [6.07, 6.45) is 5.92. The lowest BCUT2D eigenvalue weighted by atomic mass is 10.0. The Kier molecular flexibility index (Phi) is 4.29. The molecule has 5 heteroatoms. The summed E-state index contributed by atoms with van der Waals surface area (Å²) in [7, 11) is 0. The van der Waals surface area contributed by atoms with Crippen molar-refractivity contribution in [3.05, 3.63) is 11.9 Å². The van der Waals surface area contributed by atoms with E-state index in [1.807, 2.05) is 0 Å². The van der Waals surface area contributed by atoms with E-state index in [4.69, 9.17) is 4.74 Å². The van der Waals surface area contributed by atoms with E-state index >= 15 is 0 Å². The third-order valence-electron chi connectivity index (χ3n) is 4.33. The minimum absolute atomic E-state index is 0.380. The fraction of sp³-hybridized carbons (Fsp3) is 0.750. The largest absolute Gasteiger partial charge is 0.371 e. The maximum atomic E-state index is 5.94. The molecule has 5 nitrogen and oxygen atoms in total. The molecule has 3 heterocycles. The zero-order valence-electron chi connectivity index (χ0n) is 13.3. The number of nitrogens with zero attached hydrogens (tertiary/aromatic N) is 3. The van der Waals surface area contributed by atoms with E-state index in [9.17, 15) is 0 Å². The van der Waals surface area contributed by atoms with Gasteiger partial charge in [-0.3, -0.25) is 0 Å². The normalized spacial score (nSPS) is 24.7. The van der Waals surface area contributed by atoms with Gasteiger partial charge in [0.05, 0.1) is 12.2 Å². The number of fused-ring (bicyclic) bond motifs is 2. The minimum atomic E-state index is 0.380. The molecule has 2 unspecified atom stereocenters. The predicted molar refractivity (Wildman–Crippen MR) is 85.0 cm³/mol.